The normalized spacial score (nSPS) is 24.4. The molecule has 0 heterocycles. The summed E-state index contributed by atoms with van der Waals surface area (Å²) in [6.45, 7) is 0.609. The second kappa shape index (κ2) is 5.92. The molecule has 2 nitrogen and oxygen atoms in total. The van der Waals surface area contributed by atoms with E-state index in [1.165, 1.54) is 12.1 Å². The van der Waals surface area contributed by atoms with Crippen molar-refractivity contribution in [3.05, 3.63) is 35.4 Å². The third-order valence-corrected chi connectivity index (χ3v) is 3.65. The molecule has 2 rings (SSSR count). The summed E-state index contributed by atoms with van der Waals surface area (Å²) in [6, 6.07) is 6.07. The van der Waals surface area contributed by atoms with Crippen molar-refractivity contribution in [2.45, 2.75) is 50.5 Å². The topological polar surface area (TPSA) is 38.0 Å². The number of alkyl halides is 3. The van der Waals surface area contributed by atoms with Crippen molar-refractivity contribution in [2.75, 3.05) is 0 Å². The maximum Gasteiger partial charge on any atom is 0.416 e. The molecule has 0 spiro atoms. The molecule has 0 amide bonds. The van der Waals surface area contributed by atoms with Crippen molar-refractivity contribution < 1.29 is 13.2 Å². The van der Waals surface area contributed by atoms with E-state index in [4.69, 9.17) is 5.73 Å². The molecule has 5 heteroatoms. The summed E-state index contributed by atoms with van der Waals surface area (Å²) in [5.41, 5.74) is 6.11. The zero-order valence-corrected chi connectivity index (χ0v) is 10.7. The van der Waals surface area contributed by atoms with Gasteiger partial charge in [-0.2, -0.15) is 13.2 Å². The van der Waals surface area contributed by atoms with Crippen molar-refractivity contribution in [3.63, 3.8) is 0 Å². The van der Waals surface area contributed by atoms with Crippen LogP contribution in [0, 0.1) is 0 Å². The summed E-state index contributed by atoms with van der Waals surface area (Å²) >= 11 is 0. The summed E-state index contributed by atoms with van der Waals surface area (Å²) in [5, 5.41) is 3.38. The number of nitrogens with one attached hydrogen (secondary N) is 1. The maximum atomic E-state index is 12.4. The van der Waals surface area contributed by atoms with E-state index in [2.05, 4.69) is 5.32 Å². The smallest absolute Gasteiger partial charge is 0.328 e. The first-order valence-electron chi connectivity index (χ1n) is 6.60. The Hall–Kier alpha value is -1.07. The molecule has 0 bridgehead atoms. The number of benzene rings is 1. The Bertz CT molecular complexity index is 392. The van der Waals surface area contributed by atoms with Crippen LogP contribution >= 0.6 is 0 Å². The fraction of sp³-hybridized carbons (Fsp3) is 0.571. The van der Waals surface area contributed by atoms with E-state index in [1.807, 2.05) is 0 Å². The first-order chi connectivity index (χ1) is 8.95. The van der Waals surface area contributed by atoms with E-state index >= 15 is 0 Å². The average molecular weight is 272 g/mol. The molecule has 1 saturated carbocycles. The zero-order valence-electron chi connectivity index (χ0n) is 10.7. The standard InChI is InChI=1S/C14H19F3N2/c15-14(16,17)11-3-1-10(2-4-11)9-19-13-7-5-12(18)6-8-13/h1-4,12-13,19H,5-9,18H2. The summed E-state index contributed by atoms with van der Waals surface area (Å²) in [4.78, 5) is 0. The molecule has 1 aliphatic rings. The lowest BCUT2D eigenvalue weighted by molar-refractivity contribution is -0.137. The number of rotatable bonds is 3. The molecule has 3 N–H and O–H groups in total. The fourth-order valence-electron chi connectivity index (χ4n) is 2.40. The Morgan fingerprint density at radius 2 is 1.63 bits per heavy atom. The SMILES string of the molecule is NC1CCC(NCc2ccc(C(F)(F)F)cc2)CC1. The Kier molecular flexibility index (Phi) is 4.47. The van der Waals surface area contributed by atoms with E-state index in [0.717, 1.165) is 43.4 Å². The number of hydrogen-bond acceptors (Lipinski definition) is 2. The predicted molar refractivity (Wildman–Crippen MR) is 68.5 cm³/mol. The number of nitrogens with two attached hydrogens (primary N) is 1. The summed E-state index contributed by atoms with van der Waals surface area (Å²) in [7, 11) is 0. The van der Waals surface area contributed by atoms with Crippen molar-refractivity contribution >= 4 is 0 Å². The molecule has 0 radical (unpaired) electrons. The Labute approximate surface area is 111 Å². The number of halogens is 3. The zero-order chi connectivity index (χ0) is 13.9. The monoisotopic (exact) mass is 272 g/mol. The molecule has 0 saturated heterocycles. The van der Waals surface area contributed by atoms with Gasteiger partial charge in [-0.15, -0.1) is 0 Å². The van der Waals surface area contributed by atoms with Gasteiger partial charge in [0.15, 0.2) is 0 Å². The van der Waals surface area contributed by atoms with Gasteiger partial charge in [-0.25, -0.2) is 0 Å². The Morgan fingerprint density at radius 3 is 2.16 bits per heavy atom. The molecule has 19 heavy (non-hydrogen) atoms. The summed E-state index contributed by atoms with van der Waals surface area (Å²) < 4.78 is 37.2. The van der Waals surface area contributed by atoms with Crippen molar-refractivity contribution in [3.8, 4) is 0 Å². The van der Waals surface area contributed by atoms with Gasteiger partial charge in [-0.1, -0.05) is 12.1 Å². The highest BCUT2D eigenvalue weighted by Gasteiger charge is 2.29. The van der Waals surface area contributed by atoms with Crippen LogP contribution in [0.1, 0.15) is 36.8 Å². The van der Waals surface area contributed by atoms with Crippen LogP contribution in [0.15, 0.2) is 24.3 Å². The molecule has 0 atom stereocenters. The molecule has 0 aliphatic heterocycles. The second-order valence-electron chi connectivity index (χ2n) is 5.19. The minimum absolute atomic E-state index is 0.309. The largest absolute Gasteiger partial charge is 0.416 e. The van der Waals surface area contributed by atoms with Crippen LogP contribution in [0.25, 0.3) is 0 Å². The van der Waals surface area contributed by atoms with Gasteiger partial charge in [0.2, 0.25) is 0 Å². The molecule has 106 valence electrons. The molecular formula is C14H19F3N2. The maximum absolute atomic E-state index is 12.4. The molecule has 1 fully saturated rings. The van der Waals surface area contributed by atoms with Crippen LogP contribution in [0.3, 0.4) is 0 Å². The van der Waals surface area contributed by atoms with Crippen LogP contribution < -0.4 is 11.1 Å². The van der Waals surface area contributed by atoms with Gasteiger partial charge < -0.3 is 11.1 Å². The van der Waals surface area contributed by atoms with Crippen LogP contribution in [0.4, 0.5) is 13.2 Å². The minimum atomic E-state index is -4.26. The highest BCUT2D eigenvalue weighted by atomic mass is 19.4. The van der Waals surface area contributed by atoms with E-state index < -0.39 is 11.7 Å². The first-order valence-corrected chi connectivity index (χ1v) is 6.60. The summed E-state index contributed by atoms with van der Waals surface area (Å²) in [5.74, 6) is 0. The molecule has 1 aromatic rings. The average Bonchev–Trinajstić information content (AvgIpc) is 2.37. The fourth-order valence-corrected chi connectivity index (χ4v) is 2.40. The lowest BCUT2D eigenvalue weighted by atomic mass is 9.92. The van der Waals surface area contributed by atoms with Gasteiger partial charge in [-0.05, 0) is 43.4 Å². The Balaban J connectivity index is 1.83. The van der Waals surface area contributed by atoms with Gasteiger partial charge >= 0.3 is 6.18 Å². The summed E-state index contributed by atoms with van der Waals surface area (Å²) in [6.07, 6.45) is -0.134. The minimum Gasteiger partial charge on any atom is -0.328 e. The highest BCUT2D eigenvalue weighted by molar-refractivity contribution is 5.24. The van der Waals surface area contributed by atoms with Gasteiger partial charge in [0.05, 0.1) is 5.56 Å². The lowest BCUT2D eigenvalue weighted by Gasteiger charge is -2.27. The van der Waals surface area contributed by atoms with Gasteiger partial charge in [-0.3, -0.25) is 0 Å². The first kappa shape index (κ1) is 14.3. The quantitative estimate of drug-likeness (QED) is 0.887. The second-order valence-corrected chi connectivity index (χ2v) is 5.19. The van der Waals surface area contributed by atoms with E-state index in [0.29, 0.717) is 18.6 Å². The molecule has 0 aromatic heterocycles. The van der Waals surface area contributed by atoms with E-state index in [9.17, 15) is 13.2 Å². The van der Waals surface area contributed by atoms with Crippen LogP contribution in [-0.2, 0) is 12.7 Å². The van der Waals surface area contributed by atoms with Gasteiger partial charge in [0, 0.05) is 18.6 Å². The Morgan fingerprint density at radius 1 is 1.05 bits per heavy atom. The van der Waals surface area contributed by atoms with Crippen molar-refractivity contribution in [1.29, 1.82) is 0 Å². The highest BCUT2D eigenvalue weighted by Crippen LogP contribution is 2.29. The third kappa shape index (κ3) is 4.21. The molecule has 1 aromatic carbocycles. The molecule has 1 aliphatic carbocycles. The van der Waals surface area contributed by atoms with E-state index in [1.54, 1.807) is 0 Å². The van der Waals surface area contributed by atoms with Crippen LogP contribution in [0.2, 0.25) is 0 Å². The van der Waals surface area contributed by atoms with Gasteiger partial charge in [0.1, 0.15) is 0 Å². The van der Waals surface area contributed by atoms with Gasteiger partial charge in [0.25, 0.3) is 0 Å². The molecule has 0 unspecified atom stereocenters. The lowest BCUT2D eigenvalue weighted by Crippen LogP contribution is -2.37. The van der Waals surface area contributed by atoms with Crippen LogP contribution in [-0.4, -0.2) is 12.1 Å². The predicted octanol–water partition coefficient (Wildman–Crippen LogP) is 3.06. The van der Waals surface area contributed by atoms with Crippen molar-refractivity contribution in [2.24, 2.45) is 5.73 Å². The van der Waals surface area contributed by atoms with Crippen molar-refractivity contribution in [1.82, 2.24) is 5.32 Å². The van der Waals surface area contributed by atoms with E-state index in [-0.39, 0.29) is 0 Å². The third-order valence-electron chi connectivity index (χ3n) is 3.65. The van der Waals surface area contributed by atoms with Crippen LogP contribution in [0.5, 0.6) is 0 Å². The molecular weight excluding hydrogens is 253 g/mol. The number of hydrogen-bond donors (Lipinski definition) is 2.